The Morgan fingerprint density at radius 2 is 1.16 bits per heavy atom. The Kier molecular flexibility index (Phi) is 22.2. The van der Waals surface area contributed by atoms with Crippen molar-refractivity contribution in [3.8, 4) is 11.8 Å². The number of hydrogen-bond donors (Lipinski definition) is 0. The van der Waals surface area contributed by atoms with E-state index in [1.807, 2.05) is 80.6 Å². The van der Waals surface area contributed by atoms with E-state index in [4.69, 9.17) is 18.7 Å². The Morgan fingerprint density at radius 1 is 0.710 bits per heavy atom. The smallest absolute Gasteiger partial charge is 0 e. The Morgan fingerprint density at radius 3 is 1.65 bits per heavy atom. The van der Waals surface area contributed by atoms with Crippen molar-refractivity contribution in [1.29, 1.82) is 0 Å². The van der Waals surface area contributed by atoms with Crippen molar-refractivity contribution in [3.05, 3.63) is 135 Å². The first-order valence-corrected chi connectivity index (χ1v) is 8.56. The molecule has 31 heavy (non-hydrogen) atoms. The minimum atomic E-state index is -0.0718. The Hall–Kier alpha value is -2.39. The molecule has 1 atom stereocenters. The van der Waals surface area contributed by atoms with Crippen LogP contribution >= 0.6 is 0 Å². The summed E-state index contributed by atoms with van der Waals surface area (Å²) >= 11 is 0. The summed E-state index contributed by atoms with van der Waals surface area (Å²) in [5, 5.41) is 0. The van der Waals surface area contributed by atoms with Crippen LogP contribution in [0.5, 0.6) is 0 Å². The van der Waals surface area contributed by atoms with E-state index in [1.165, 1.54) is 0 Å². The van der Waals surface area contributed by atoms with E-state index in [0.29, 0.717) is 6.61 Å². The fourth-order valence-electron chi connectivity index (χ4n) is 2.36. The molecule has 5 radical (unpaired) electrons. The molecule has 5 heteroatoms. The quantitative estimate of drug-likeness (QED) is 0.280. The monoisotopic (exact) mass is 578 g/mol. The zero-order valence-electron chi connectivity index (χ0n) is 16.5. The molecular weight excluding hydrogens is 560 g/mol. The van der Waals surface area contributed by atoms with E-state index in [-0.39, 0.29) is 27.2 Å². The van der Waals surface area contributed by atoms with Gasteiger partial charge in [0.2, 0.25) is 0 Å². The van der Waals surface area contributed by atoms with Gasteiger partial charge in [0.25, 0.3) is 0 Å². The average molecular weight is 578 g/mol. The van der Waals surface area contributed by atoms with Crippen LogP contribution in [0.15, 0.2) is 66.2 Å². The molecule has 1 heterocycles. The molecule has 1 saturated carbocycles. The fraction of sp³-hybridized carbons (Fsp3) is 0.0769. The van der Waals surface area contributed by atoms with Crippen molar-refractivity contribution in [2.45, 2.75) is 6.10 Å². The van der Waals surface area contributed by atoms with E-state index in [2.05, 4.69) is 50.0 Å². The van der Waals surface area contributed by atoms with Gasteiger partial charge in [0.05, 0.1) is 6.10 Å². The minimum Gasteiger partial charge on any atom is -0.0312 e. The first-order chi connectivity index (χ1) is 14.9. The largest absolute Gasteiger partial charge is 0.0312 e. The molecule has 2 aliphatic rings. The van der Waals surface area contributed by atoms with Crippen LogP contribution in [0.1, 0.15) is 17.2 Å². The van der Waals surface area contributed by atoms with Crippen LogP contribution in [0.3, 0.4) is 0 Å². The standard InChI is InChI=1S/C18H13O.C5H5.3CO.W/c1-3-7-15(8-4-1)11-12-17-13-14-19-18(17)16-9-5-2-6-10-16;1-2-4-5-3-1;3*1-2;/h1-10,18H,14H2;1-5H;;;;/q-1;;;;;. The van der Waals surface area contributed by atoms with Gasteiger partial charge in [-0.15, -0.1) is 0 Å². The molecule has 1 fully saturated rings. The second-order valence-electron chi connectivity index (χ2n) is 5.27. The Labute approximate surface area is 199 Å². The van der Waals surface area contributed by atoms with Crippen LogP contribution in [0, 0.1) is 70.0 Å². The molecule has 0 bridgehead atoms. The van der Waals surface area contributed by atoms with Crippen molar-refractivity contribution in [1.82, 2.24) is 0 Å². The van der Waals surface area contributed by atoms with Crippen molar-refractivity contribution in [3.63, 3.8) is 0 Å². The molecule has 4 nitrogen and oxygen atoms in total. The summed E-state index contributed by atoms with van der Waals surface area (Å²) < 4.78 is 28.2. The topological polar surface area (TPSA) is 68.9 Å². The molecule has 1 aliphatic heterocycles. The van der Waals surface area contributed by atoms with Gasteiger partial charge in [-0.25, -0.2) is 6.08 Å². The average Bonchev–Trinajstić information content (AvgIpc) is 3.58. The Bertz CT molecular complexity index is 817. The van der Waals surface area contributed by atoms with Crippen LogP contribution < -0.4 is 0 Å². The van der Waals surface area contributed by atoms with E-state index in [1.54, 1.807) is 0 Å². The predicted molar refractivity (Wildman–Crippen MR) is 108 cm³/mol. The van der Waals surface area contributed by atoms with Crippen molar-refractivity contribution in [2.75, 3.05) is 6.61 Å². The van der Waals surface area contributed by atoms with Gasteiger partial charge in [0, 0.05) is 26.6 Å². The third kappa shape index (κ3) is 12.8. The molecule has 2 aromatic carbocycles. The molecule has 4 rings (SSSR count). The first kappa shape index (κ1) is 30.8. The molecule has 1 aliphatic carbocycles. The molecular formula is C26H18O4W-. The molecule has 0 aromatic heterocycles. The zero-order valence-corrected chi connectivity index (χ0v) is 19.4. The second-order valence-corrected chi connectivity index (χ2v) is 5.27. The first-order valence-electron chi connectivity index (χ1n) is 8.56. The van der Waals surface area contributed by atoms with Gasteiger partial charge >= 0.3 is 33.9 Å². The SMILES string of the molecule is C(#Cc1ccccc1)C1=[C-]COC1c1ccccc1.[C-]#[O+].[C-]#[O+].[C-]#[O+].[CH]1[CH][CH][CH][CH]1.[W]. The van der Waals surface area contributed by atoms with Crippen LogP contribution in [-0.2, 0) is 39.8 Å². The summed E-state index contributed by atoms with van der Waals surface area (Å²) in [6.07, 6.45) is 13.1. The predicted octanol–water partition coefficient (Wildman–Crippen LogP) is 4.45. The van der Waals surface area contributed by atoms with Crippen molar-refractivity contribution in [2.24, 2.45) is 0 Å². The van der Waals surface area contributed by atoms with Crippen LogP contribution in [0.4, 0.5) is 0 Å². The van der Waals surface area contributed by atoms with Gasteiger partial charge in [0.15, 0.2) is 0 Å². The summed E-state index contributed by atoms with van der Waals surface area (Å²) in [4.78, 5) is 0. The molecule has 2 aromatic rings. The van der Waals surface area contributed by atoms with Gasteiger partial charge in [-0.2, -0.15) is 11.5 Å². The number of ether oxygens (including phenoxy) is 1. The van der Waals surface area contributed by atoms with Crippen LogP contribution in [-0.4, -0.2) is 6.61 Å². The van der Waals surface area contributed by atoms with Gasteiger partial charge in [0.1, 0.15) is 0 Å². The number of benzene rings is 2. The summed E-state index contributed by atoms with van der Waals surface area (Å²) in [5.74, 6) is 6.33. The number of rotatable bonds is 1. The number of hydrogen-bond acceptors (Lipinski definition) is 1. The summed E-state index contributed by atoms with van der Waals surface area (Å²) in [5.41, 5.74) is 3.07. The van der Waals surface area contributed by atoms with Crippen LogP contribution in [0.2, 0.25) is 0 Å². The molecule has 0 saturated heterocycles. The normalized spacial score (nSPS) is 14.8. The molecule has 0 spiro atoms. The summed E-state index contributed by atoms with van der Waals surface area (Å²) in [6.45, 7) is 14.0. The van der Waals surface area contributed by atoms with Crippen molar-refractivity contribution >= 4 is 0 Å². The van der Waals surface area contributed by atoms with Gasteiger partial charge < -0.3 is 4.74 Å². The molecule has 0 N–H and O–H groups in total. The molecule has 153 valence electrons. The zero-order chi connectivity index (χ0) is 22.5. The fourth-order valence-corrected chi connectivity index (χ4v) is 2.36. The molecule has 1 unspecified atom stereocenters. The third-order valence-corrected chi connectivity index (χ3v) is 3.55. The van der Waals surface area contributed by atoms with E-state index < -0.39 is 0 Å². The summed E-state index contributed by atoms with van der Waals surface area (Å²) in [7, 11) is 0. The van der Waals surface area contributed by atoms with Gasteiger partial charge in [-0.3, -0.25) is 5.92 Å². The van der Waals surface area contributed by atoms with Gasteiger partial charge in [-0.05, 0) is 56.4 Å². The minimum absolute atomic E-state index is 0. The van der Waals surface area contributed by atoms with Crippen molar-refractivity contribution < 1.29 is 39.8 Å². The third-order valence-electron chi connectivity index (χ3n) is 3.55. The maximum Gasteiger partial charge on any atom is 0 e. The Balaban J connectivity index is 0. The van der Waals surface area contributed by atoms with E-state index in [0.717, 1.165) is 16.7 Å². The van der Waals surface area contributed by atoms with E-state index >= 15 is 0 Å². The van der Waals surface area contributed by atoms with E-state index in [9.17, 15) is 0 Å². The second kappa shape index (κ2) is 22.3. The van der Waals surface area contributed by atoms with Gasteiger partial charge in [-0.1, -0.05) is 48.5 Å². The maximum absolute atomic E-state index is 7.50. The summed E-state index contributed by atoms with van der Waals surface area (Å²) in [6, 6.07) is 20.1. The molecule has 0 amide bonds. The van der Waals surface area contributed by atoms with Crippen LogP contribution in [0.25, 0.3) is 0 Å². The maximum atomic E-state index is 7.50.